The third-order valence-corrected chi connectivity index (χ3v) is 2.77. The topological polar surface area (TPSA) is 0 Å². The molecule has 0 radical (unpaired) electrons. The predicted octanol–water partition coefficient (Wildman–Crippen LogP) is 6.00. The molecule has 0 spiro atoms. The Kier molecular flexibility index (Phi) is 7.35. The quantitative estimate of drug-likeness (QED) is 0.520. The molecule has 0 fully saturated rings. The second kappa shape index (κ2) is 7.92. The maximum atomic E-state index is 4.11. The van der Waals surface area contributed by atoms with Crippen molar-refractivity contribution in [1.29, 1.82) is 0 Å². The highest BCUT2D eigenvalue weighted by molar-refractivity contribution is 5.42. The van der Waals surface area contributed by atoms with E-state index in [0.29, 0.717) is 0 Å². The maximum Gasteiger partial charge on any atom is -0.0135 e. The van der Waals surface area contributed by atoms with E-state index in [0.717, 1.165) is 12.0 Å². The van der Waals surface area contributed by atoms with Crippen LogP contribution < -0.4 is 0 Å². The zero-order valence-corrected chi connectivity index (χ0v) is 12.9. The molecule has 0 heterocycles. The van der Waals surface area contributed by atoms with Crippen LogP contribution in [-0.2, 0) is 0 Å². The highest BCUT2D eigenvalue weighted by atomic mass is 14.2. The number of hydrogen-bond donors (Lipinski definition) is 0. The molecule has 0 atom stereocenters. The minimum absolute atomic E-state index is 0.185. The molecule has 0 aliphatic heterocycles. The molecule has 0 nitrogen and oxygen atoms in total. The molecule has 0 rings (SSSR count). The minimum atomic E-state index is 0.185. The lowest BCUT2D eigenvalue weighted by Crippen LogP contribution is -2.08. The van der Waals surface area contributed by atoms with Crippen LogP contribution in [0.4, 0.5) is 0 Å². The molecule has 0 heteroatoms. The predicted molar refractivity (Wildman–Crippen MR) is 84.7 cm³/mol. The van der Waals surface area contributed by atoms with Crippen LogP contribution >= 0.6 is 0 Å². The van der Waals surface area contributed by atoms with Crippen molar-refractivity contribution in [2.24, 2.45) is 5.41 Å². The summed E-state index contributed by atoms with van der Waals surface area (Å²) in [6, 6.07) is 0. The Morgan fingerprint density at radius 3 is 2.22 bits per heavy atom. The van der Waals surface area contributed by atoms with Gasteiger partial charge in [0.05, 0.1) is 0 Å². The summed E-state index contributed by atoms with van der Waals surface area (Å²) >= 11 is 0. The van der Waals surface area contributed by atoms with Crippen molar-refractivity contribution in [3.05, 3.63) is 59.8 Å². The van der Waals surface area contributed by atoms with Gasteiger partial charge in [-0.3, -0.25) is 0 Å². The lowest BCUT2D eigenvalue weighted by molar-refractivity contribution is 0.514. The van der Waals surface area contributed by atoms with Crippen LogP contribution in [0.3, 0.4) is 0 Å². The van der Waals surface area contributed by atoms with Crippen molar-refractivity contribution in [1.82, 2.24) is 0 Å². The highest BCUT2D eigenvalue weighted by Gasteiger charge is 2.14. The van der Waals surface area contributed by atoms with E-state index in [1.807, 2.05) is 25.2 Å². The molecular formula is C18H28. The summed E-state index contributed by atoms with van der Waals surface area (Å²) in [7, 11) is 0. The normalized spacial score (nSPS) is 14.8. The molecule has 0 amide bonds. The zero-order valence-electron chi connectivity index (χ0n) is 12.9. The fraction of sp³-hybridized carbons (Fsp3) is 0.444. The number of hydrogen-bond acceptors (Lipinski definition) is 0. The van der Waals surface area contributed by atoms with Gasteiger partial charge in [0, 0.05) is 0 Å². The summed E-state index contributed by atoms with van der Waals surface area (Å²) in [4.78, 5) is 0. The van der Waals surface area contributed by atoms with Crippen LogP contribution in [0, 0.1) is 5.41 Å². The molecule has 18 heavy (non-hydrogen) atoms. The number of rotatable bonds is 5. The van der Waals surface area contributed by atoms with Crippen molar-refractivity contribution in [2.75, 3.05) is 0 Å². The van der Waals surface area contributed by atoms with E-state index in [2.05, 4.69) is 59.4 Å². The molecule has 0 bridgehead atoms. The molecule has 0 unspecified atom stereocenters. The largest absolute Gasteiger partial charge is 0.0915 e. The van der Waals surface area contributed by atoms with Crippen LogP contribution in [0.15, 0.2) is 59.8 Å². The monoisotopic (exact) mass is 244 g/mol. The van der Waals surface area contributed by atoms with Crippen molar-refractivity contribution in [2.45, 2.75) is 48.0 Å². The van der Waals surface area contributed by atoms with Crippen molar-refractivity contribution < 1.29 is 0 Å². The molecule has 0 saturated heterocycles. The van der Waals surface area contributed by atoms with Crippen molar-refractivity contribution >= 4 is 0 Å². The van der Waals surface area contributed by atoms with E-state index in [4.69, 9.17) is 0 Å². The average Bonchev–Trinajstić information content (AvgIpc) is 2.27. The molecular weight excluding hydrogens is 216 g/mol. The van der Waals surface area contributed by atoms with Gasteiger partial charge in [0.2, 0.25) is 0 Å². The first-order valence-electron chi connectivity index (χ1n) is 6.70. The average molecular weight is 244 g/mol. The third kappa shape index (κ3) is 6.44. The van der Waals surface area contributed by atoms with Gasteiger partial charge in [0.1, 0.15) is 0 Å². The van der Waals surface area contributed by atoms with Crippen LogP contribution in [0.25, 0.3) is 0 Å². The van der Waals surface area contributed by atoms with Gasteiger partial charge in [-0.2, -0.15) is 0 Å². The van der Waals surface area contributed by atoms with Gasteiger partial charge in [-0.1, -0.05) is 70.7 Å². The molecule has 0 aromatic rings. The Labute approximate surface area is 113 Å². The Balaban J connectivity index is 5.04. The Morgan fingerprint density at radius 2 is 1.78 bits per heavy atom. The summed E-state index contributed by atoms with van der Waals surface area (Å²) in [5.74, 6) is 0. The first-order chi connectivity index (χ1) is 8.32. The van der Waals surface area contributed by atoms with E-state index >= 15 is 0 Å². The SMILES string of the molecule is C=C(/C=C\C=C/C)/C(C)=C/C(=C\CC)C(C)(C)C. The molecule has 100 valence electrons. The fourth-order valence-electron chi connectivity index (χ4n) is 1.54. The summed E-state index contributed by atoms with van der Waals surface area (Å²) in [6.07, 6.45) is 13.7. The Morgan fingerprint density at radius 1 is 1.17 bits per heavy atom. The summed E-state index contributed by atoms with van der Waals surface area (Å²) in [6.45, 7) is 17.2. The summed E-state index contributed by atoms with van der Waals surface area (Å²) in [5, 5.41) is 0. The molecule has 0 saturated carbocycles. The zero-order chi connectivity index (χ0) is 14.2. The Hall–Kier alpha value is -1.30. The highest BCUT2D eigenvalue weighted by Crippen LogP contribution is 2.28. The first kappa shape index (κ1) is 16.7. The lowest BCUT2D eigenvalue weighted by Gasteiger charge is -2.21. The van der Waals surface area contributed by atoms with Gasteiger partial charge in [0.25, 0.3) is 0 Å². The first-order valence-corrected chi connectivity index (χ1v) is 6.70. The van der Waals surface area contributed by atoms with Gasteiger partial charge >= 0.3 is 0 Å². The van der Waals surface area contributed by atoms with Crippen LogP contribution in [-0.4, -0.2) is 0 Å². The Bertz CT molecular complexity index is 379. The molecule has 0 aromatic heterocycles. The molecule has 0 aliphatic carbocycles. The second-order valence-electron chi connectivity index (χ2n) is 5.56. The van der Waals surface area contributed by atoms with Gasteiger partial charge in [0.15, 0.2) is 0 Å². The van der Waals surface area contributed by atoms with E-state index < -0.39 is 0 Å². The smallest absolute Gasteiger partial charge is 0.0135 e. The van der Waals surface area contributed by atoms with Gasteiger partial charge in [-0.05, 0) is 42.4 Å². The van der Waals surface area contributed by atoms with Crippen molar-refractivity contribution in [3.63, 3.8) is 0 Å². The van der Waals surface area contributed by atoms with Gasteiger partial charge < -0.3 is 0 Å². The van der Waals surface area contributed by atoms with E-state index in [9.17, 15) is 0 Å². The fourth-order valence-corrected chi connectivity index (χ4v) is 1.54. The maximum absolute atomic E-state index is 4.11. The lowest BCUT2D eigenvalue weighted by atomic mass is 9.84. The van der Waals surface area contributed by atoms with E-state index in [1.54, 1.807) is 0 Å². The molecule has 0 aliphatic rings. The molecule has 0 aromatic carbocycles. The van der Waals surface area contributed by atoms with Crippen LogP contribution in [0.5, 0.6) is 0 Å². The van der Waals surface area contributed by atoms with Crippen LogP contribution in [0.1, 0.15) is 48.0 Å². The number of allylic oxidation sites excluding steroid dienone is 9. The standard InChI is InChI=1S/C18H28/c1-8-10-11-13-15(3)16(4)14-17(12-9-2)18(5,6)7/h8,10-14H,3,9H2,1-2,4-7H3/b10-8-,13-11-,16-14+,17-12+. The summed E-state index contributed by atoms with van der Waals surface area (Å²) < 4.78 is 0. The second-order valence-corrected chi connectivity index (χ2v) is 5.56. The van der Waals surface area contributed by atoms with Crippen LogP contribution in [0.2, 0.25) is 0 Å². The summed E-state index contributed by atoms with van der Waals surface area (Å²) in [5.41, 5.74) is 3.86. The van der Waals surface area contributed by atoms with Gasteiger partial charge in [-0.15, -0.1) is 0 Å². The molecule has 0 N–H and O–H groups in total. The van der Waals surface area contributed by atoms with Gasteiger partial charge in [-0.25, -0.2) is 0 Å². The minimum Gasteiger partial charge on any atom is -0.0915 e. The van der Waals surface area contributed by atoms with E-state index in [1.165, 1.54) is 11.1 Å². The third-order valence-electron chi connectivity index (χ3n) is 2.77. The van der Waals surface area contributed by atoms with Crippen molar-refractivity contribution in [3.8, 4) is 0 Å². The van der Waals surface area contributed by atoms with E-state index in [-0.39, 0.29) is 5.41 Å².